The summed E-state index contributed by atoms with van der Waals surface area (Å²) in [5.41, 5.74) is -0.198. The Morgan fingerprint density at radius 3 is 2.60 bits per heavy atom. The number of aliphatic carboxylic acids is 1. The summed E-state index contributed by atoms with van der Waals surface area (Å²) in [7, 11) is 0. The van der Waals surface area contributed by atoms with E-state index in [4.69, 9.17) is 16.7 Å². The molecule has 0 heterocycles. The molecule has 110 valence electrons. The monoisotopic (exact) mass is 315 g/mol. The molecule has 20 heavy (non-hydrogen) atoms. The summed E-state index contributed by atoms with van der Waals surface area (Å²) >= 11 is 7.57. The van der Waals surface area contributed by atoms with Crippen molar-refractivity contribution in [2.24, 2.45) is 0 Å². The third-order valence-electron chi connectivity index (χ3n) is 2.83. The fraction of sp³-hybridized carbons (Fsp3) is 0.429. The predicted molar refractivity (Wildman–Crippen MR) is 81.6 cm³/mol. The van der Waals surface area contributed by atoms with Crippen LogP contribution in [0, 0.1) is 0 Å². The second kappa shape index (κ2) is 6.99. The molecule has 6 heteroatoms. The van der Waals surface area contributed by atoms with Gasteiger partial charge in [-0.3, -0.25) is 9.59 Å². The molecule has 0 atom stereocenters. The molecule has 1 aromatic rings. The minimum absolute atomic E-state index is 0.00582. The highest BCUT2D eigenvalue weighted by atomic mass is 35.5. The minimum atomic E-state index is -0.880. The number of carbonyl (C=O) groups is 2. The number of amides is 1. The van der Waals surface area contributed by atoms with Gasteiger partial charge in [0.05, 0.1) is 10.6 Å². The normalized spacial score (nSPS) is 11.2. The van der Waals surface area contributed by atoms with Crippen LogP contribution in [0.5, 0.6) is 0 Å². The van der Waals surface area contributed by atoms with Gasteiger partial charge in [0.1, 0.15) is 0 Å². The quantitative estimate of drug-likeness (QED) is 0.789. The van der Waals surface area contributed by atoms with Crippen molar-refractivity contribution in [3.63, 3.8) is 0 Å². The van der Waals surface area contributed by atoms with E-state index in [1.165, 1.54) is 11.8 Å². The number of nitrogens with one attached hydrogen (secondary N) is 1. The highest BCUT2D eigenvalue weighted by Gasteiger charge is 2.23. The van der Waals surface area contributed by atoms with Crippen LogP contribution >= 0.6 is 23.4 Å². The van der Waals surface area contributed by atoms with E-state index in [2.05, 4.69) is 5.32 Å². The first-order chi connectivity index (χ1) is 9.25. The smallest absolute Gasteiger partial charge is 0.303 e. The van der Waals surface area contributed by atoms with Crippen molar-refractivity contribution in [2.75, 3.05) is 6.26 Å². The zero-order valence-corrected chi connectivity index (χ0v) is 13.3. The van der Waals surface area contributed by atoms with Gasteiger partial charge in [-0.2, -0.15) is 0 Å². The van der Waals surface area contributed by atoms with Crippen LogP contribution in [0.2, 0.25) is 5.02 Å². The lowest BCUT2D eigenvalue weighted by molar-refractivity contribution is -0.137. The van der Waals surface area contributed by atoms with E-state index in [0.29, 0.717) is 17.0 Å². The topological polar surface area (TPSA) is 66.4 Å². The number of benzene rings is 1. The standard InChI is InChI=1S/C14H18ClNO3S/c1-14(2,7-6-12(17)18)16-13(19)10-8-9(20-3)4-5-11(10)15/h4-5,8H,6-7H2,1-3H3,(H,16,19)(H,17,18). The van der Waals surface area contributed by atoms with Crippen LogP contribution in [0.25, 0.3) is 0 Å². The molecule has 0 aliphatic carbocycles. The lowest BCUT2D eigenvalue weighted by atomic mass is 9.98. The predicted octanol–water partition coefficient (Wildman–Crippen LogP) is 3.44. The van der Waals surface area contributed by atoms with E-state index < -0.39 is 11.5 Å². The summed E-state index contributed by atoms with van der Waals surface area (Å²) in [6, 6.07) is 5.27. The molecule has 0 saturated carbocycles. The summed E-state index contributed by atoms with van der Waals surface area (Å²) in [6.45, 7) is 3.58. The fourth-order valence-electron chi connectivity index (χ4n) is 1.66. The molecule has 0 radical (unpaired) electrons. The van der Waals surface area contributed by atoms with Gasteiger partial charge in [-0.05, 0) is 44.7 Å². The van der Waals surface area contributed by atoms with E-state index in [-0.39, 0.29) is 12.3 Å². The molecule has 0 aromatic heterocycles. The molecule has 0 unspecified atom stereocenters. The fourth-order valence-corrected chi connectivity index (χ4v) is 2.31. The van der Waals surface area contributed by atoms with Crippen LogP contribution in [0.1, 0.15) is 37.0 Å². The van der Waals surface area contributed by atoms with Gasteiger partial charge >= 0.3 is 5.97 Å². The molecule has 0 saturated heterocycles. The zero-order chi connectivity index (χ0) is 15.3. The van der Waals surface area contributed by atoms with E-state index in [9.17, 15) is 9.59 Å². The summed E-state index contributed by atoms with van der Waals surface area (Å²) in [5.74, 6) is -1.17. The van der Waals surface area contributed by atoms with Gasteiger partial charge in [0.15, 0.2) is 0 Å². The van der Waals surface area contributed by atoms with Gasteiger partial charge in [0.25, 0.3) is 5.91 Å². The minimum Gasteiger partial charge on any atom is -0.481 e. The van der Waals surface area contributed by atoms with E-state index in [1.54, 1.807) is 26.0 Å². The molecule has 0 aliphatic heterocycles. The molecule has 0 fully saturated rings. The number of carboxylic acid groups (broad SMARTS) is 1. The Labute approximate surface area is 127 Å². The Kier molecular flexibility index (Phi) is 5.89. The summed E-state index contributed by atoms with van der Waals surface area (Å²) in [4.78, 5) is 23.8. The zero-order valence-electron chi connectivity index (χ0n) is 11.7. The molecule has 0 aliphatic rings. The van der Waals surface area contributed by atoms with Crippen LogP contribution in [-0.4, -0.2) is 28.8 Å². The number of hydrogen-bond acceptors (Lipinski definition) is 3. The van der Waals surface area contributed by atoms with Gasteiger partial charge in [0, 0.05) is 16.9 Å². The Balaban J connectivity index is 2.82. The maximum atomic E-state index is 12.2. The van der Waals surface area contributed by atoms with Crippen molar-refractivity contribution >= 4 is 35.2 Å². The van der Waals surface area contributed by atoms with Crippen LogP contribution in [0.15, 0.2) is 23.1 Å². The SMILES string of the molecule is CSc1ccc(Cl)c(C(=O)NC(C)(C)CCC(=O)O)c1. The van der Waals surface area contributed by atoms with E-state index in [0.717, 1.165) is 4.90 Å². The van der Waals surface area contributed by atoms with Crippen LogP contribution in [0.4, 0.5) is 0 Å². The van der Waals surface area contributed by atoms with Crippen LogP contribution in [-0.2, 0) is 4.79 Å². The number of carbonyl (C=O) groups excluding carboxylic acids is 1. The second-order valence-electron chi connectivity index (χ2n) is 5.08. The summed E-state index contributed by atoms with van der Waals surface area (Å²) in [6.07, 6.45) is 2.28. The molecule has 1 rings (SSSR count). The van der Waals surface area contributed by atoms with Crippen LogP contribution < -0.4 is 5.32 Å². The maximum Gasteiger partial charge on any atom is 0.303 e. The van der Waals surface area contributed by atoms with Gasteiger partial charge in [0.2, 0.25) is 0 Å². The van der Waals surface area contributed by atoms with Crippen LogP contribution in [0.3, 0.4) is 0 Å². The van der Waals surface area contributed by atoms with Gasteiger partial charge < -0.3 is 10.4 Å². The Hall–Kier alpha value is -1.20. The average molecular weight is 316 g/mol. The molecule has 0 bridgehead atoms. The number of carboxylic acids is 1. The molecule has 2 N–H and O–H groups in total. The maximum absolute atomic E-state index is 12.2. The molecule has 1 amide bonds. The summed E-state index contributed by atoms with van der Waals surface area (Å²) < 4.78 is 0. The van der Waals surface area contributed by atoms with Gasteiger partial charge in [-0.15, -0.1) is 11.8 Å². The van der Waals surface area contributed by atoms with Crippen molar-refractivity contribution in [1.29, 1.82) is 0 Å². The molecular formula is C14H18ClNO3S. The van der Waals surface area contributed by atoms with Crippen molar-refractivity contribution in [2.45, 2.75) is 37.1 Å². The first kappa shape index (κ1) is 16.9. The van der Waals surface area contributed by atoms with E-state index >= 15 is 0 Å². The van der Waals surface area contributed by atoms with E-state index in [1.807, 2.05) is 12.3 Å². The first-order valence-electron chi connectivity index (χ1n) is 6.13. The number of halogens is 1. The number of hydrogen-bond donors (Lipinski definition) is 2. The number of rotatable bonds is 6. The summed E-state index contributed by atoms with van der Waals surface area (Å²) in [5, 5.41) is 11.9. The Morgan fingerprint density at radius 1 is 1.40 bits per heavy atom. The number of thioether (sulfide) groups is 1. The Morgan fingerprint density at radius 2 is 2.05 bits per heavy atom. The lowest BCUT2D eigenvalue weighted by Crippen LogP contribution is -2.43. The molecular weight excluding hydrogens is 298 g/mol. The third-order valence-corrected chi connectivity index (χ3v) is 3.89. The molecule has 0 spiro atoms. The van der Waals surface area contributed by atoms with Crippen molar-refractivity contribution in [1.82, 2.24) is 5.32 Å². The first-order valence-corrected chi connectivity index (χ1v) is 7.73. The molecule has 1 aromatic carbocycles. The molecule has 4 nitrogen and oxygen atoms in total. The van der Waals surface area contributed by atoms with Gasteiger partial charge in [-0.25, -0.2) is 0 Å². The highest BCUT2D eigenvalue weighted by Crippen LogP contribution is 2.24. The lowest BCUT2D eigenvalue weighted by Gasteiger charge is -2.26. The highest BCUT2D eigenvalue weighted by molar-refractivity contribution is 7.98. The average Bonchev–Trinajstić information content (AvgIpc) is 2.36. The Bertz CT molecular complexity index is 517. The third kappa shape index (κ3) is 5.06. The van der Waals surface area contributed by atoms with Crippen molar-refractivity contribution in [3.8, 4) is 0 Å². The van der Waals surface area contributed by atoms with Gasteiger partial charge in [-0.1, -0.05) is 11.6 Å². The largest absolute Gasteiger partial charge is 0.481 e. The second-order valence-corrected chi connectivity index (χ2v) is 6.36. The van der Waals surface area contributed by atoms with Crippen molar-refractivity contribution < 1.29 is 14.7 Å². The van der Waals surface area contributed by atoms with Crippen molar-refractivity contribution in [3.05, 3.63) is 28.8 Å².